The summed E-state index contributed by atoms with van der Waals surface area (Å²) in [5, 5.41) is 9.55. The molecule has 0 fully saturated rings. The Balaban J connectivity index is 1.39. The molecule has 32 heavy (non-hydrogen) atoms. The Morgan fingerprint density at radius 3 is 2.84 bits per heavy atom. The molecule has 2 N–H and O–H groups in total. The minimum Gasteiger partial charge on any atom is -0.365 e. The summed E-state index contributed by atoms with van der Waals surface area (Å²) in [5.74, 6) is -0.197. The normalized spacial score (nSPS) is 10.9. The van der Waals surface area contributed by atoms with Crippen molar-refractivity contribution >= 4 is 56.3 Å². The fourth-order valence-electron chi connectivity index (χ4n) is 3.18. The number of fused-ring (bicyclic) bond motifs is 1. The van der Waals surface area contributed by atoms with Gasteiger partial charge in [0.05, 0.1) is 6.20 Å². The Morgan fingerprint density at radius 1 is 1.16 bits per heavy atom. The monoisotopic (exact) mass is 487 g/mol. The van der Waals surface area contributed by atoms with Crippen molar-refractivity contribution in [1.29, 1.82) is 0 Å². The second-order valence-electron chi connectivity index (χ2n) is 7.00. The van der Waals surface area contributed by atoms with Crippen LogP contribution in [0.4, 0.5) is 5.82 Å². The van der Waals surface area contributed by atoms with Crippen molar-refractivity contribution < 1.29 is 4.79 Å². The summed E-state index contributed by atoms with van der Waals surface area (Å²) >= 11 is 13.8. The van der Waals surface area contributed by atoms with Gasteiger partial charge in [-0.1, -0.05) is 29.3 Å². The van der Waals surface area contributed by atoms with Crippen LogP contribution in [0, 0.1) is 0 Å². The van der Waals surface area contributed by atoms with E-state index in [1.807, 2.05) is 41.8 Å². The van der Waals surface area contributed by atoms with Gasteiger partial charge in [-0.2, -0.15) is 0 Å². The maximum Gasteiger partial charge on any atom is 0.294 e. The van der Waals surface area contributed by atoms with E-state index in [0.717, 1.165) is 21.3 Å². The number of halogens is 2. The fourth-order valence-corrected chi connectivity index (χ4v) is 4.48. The van der Waals surface area contributed by atoms with E-state index in [1.54, 1.807) is 17.5 Å². The highest BCUT2D eigenvalue weighted by Crippen LogP contribution is 2.28. The van der Waals surface area contributed by atoms with Crippen LogP contribution in [0.15, 0.2) is 59.0 Å². The fraction of sp³-hybridized carbons (Fsp3) is 0.182. The molecule has 0 bridgehead atoms. The van der Waals surface area contributed by atoms with E-state index >= 15 is 0 Å². The topological polar surface area (TPSA) is 88.9 Å². The van der Waals surface area contributed by atoms with Gasteiger partial charge in [0, 0.05) is 41.1 Å². The number of amides is 1. The van der Waals surface area contributed by atoms with Gasteiger partial charge < -0.3 is 10.6 Å². The van der Waals surface area contributed by atoms with E-state index in [4.69, 9.17) is 23.2 Å². The molecular weight excluding hydrogens is 469 g/mol. The molecule has 0 aliphatic heterocycles. The number of benzene rings is 1. The Labute approximate surface area is 198 Å². The number of aromatic nitrogens is 3. The van der Waals surface area contributed by atoms with Crippen molar-refractivity contribution in [2.24, 2.45) is 0 Å². The van der Waals surface area contributed by atoms with Gasteiger partial charge in [0.2, 0.25) is 5.91 Å². The predicted octanol–water partition coefficient (Wildman–Crippen LogP) is 4.13. The first kappa shape index (κ1) is 22.3. The van der Waals surface area contributed by atoms with Crippen LogP contribution in [0.3, 0.4) is 0 Å². The molecule has 0 spiro atoms. The van der Waals surface area contributed by atoms with Gasteiger partial charge in [-0.05, 0) is 46.7 Å². The maximum absolute atomic E-state index is 12.8. The lowest BCUT2D eigenvalue weighted by atomic mass is 10.2. The number of rotatable bonds is 8. The Hall–Kier alpha value is -2.94. The smallest absolute Gasteiger partial charge is 0.294 e. The molecule has 0 atom stereocenters. The minimum atomic E-state index is -0.457. The van der Waals surface area contributed by atoms with Gasteiger partial charge in [0.1, 0.15) is 11.7 Å². The van der Waals surface area contributed by atoms with Crippen LogP contribution in [0.5, 0.6) is 0 Å². The molecule has 0 saturated carbocycles. The summed E-state index contributed by atoms with van der Waals surface area (Å²) in [6.07, 6.45) is 3.70. The molecule has 0 radical (unpaired) electrons. The number of carbonyl (C=O) groups excluding carboxylic acids is 1. The first-order chi connectivity index (χ1) is 15.5. The van der Waals surface area contributed by atoms with Crippen LogP contribution in [0.1, 0.15) is 11.3 Å². The van der Waals surface area contributed by atoms with Crippen LogP contribution in [0.25, 0.3) is 10.1 Å². The zero-order chi connectivity index (χ0) is 22.5. The van der Waals surface area contributed by atoms with E-state index in [9.17, 15) is 9.59 Å². The molecule has 3 aromatic heterocycles. The summed E-state index contributed by atoms with van der Waals surface area (Å²) in [5.41, 5.74) is 1.41. The molecule has 0 aliphatic carbocycles. The molecule has 10 heteroatoms. The second-order valence-corrected chi connectivity index (χ2v) is 8.73. The standard InChI is InChI=1S/C22H19Cl2N5O2S/c23-15-4-5-18-17(9-15)14(13-32-18)10-27-20(30)12-29-19(24)11-28-21(22(29)31)26-8-6-16-3-1-2-7-25-16/h1-5,7,9,11,13H,6,8,10,12H2,(H,26,28)(H,27,30). The van der Waals surface area contributed by atoms with E-state index < -0.39 is 5.56 Å². The summed E-state index contributed by atoms with van der Waals surface area (Å²) in [7, 11) is 0. The van der Waals surface area contributed by atoms with Gasteiger partial charge in [-0.15, -0.1) is 11.3 Å². The number of hydrogen-bond donors (Lipinski definition) is 2. The largest absolute Gasteiger partial charge is 0.365 e. The number of anilines is 1. The van der Waals surface area contributed by atoms with Gasteiger partial charge >= 0.3 is 0 Å². The molecule has 7 nitrogen and oxygen atoms in total. The SMILES string of the molecule is O=C(Cn1c(Cl)cnc(NCCc2ccccn2)c1=O)NCc1csc2ccc(Cl)cc12. The molecule has 164 valence electrons. The first-order valence-electron chi connectivity index (χ1n) is 9.82. The van der Waals surface area contributed by atoms with Gasteiger partial charge in [-0.3, -0.25) is 19.1 Å². The van der Waals surface area contributed by atoms with Crippen LogP contribution in [0.2, 0.25) is 10.2 Å². The van der Waals surface area contributed by atoms with Crippen molar-refractivity contribution in [2.45, 2.75) is 19.5 Å². The highest BCUT2D eigenvalue weighted by Gasteiger charge is 2.13. The zero-order valence-electron chi connectivity index (χ0n) is 16.8. The maximum atomic E-state index is 12.8. The zero-order valence-corrected chi connectivity index (χ0v) is 19.2. The number of pyridine rings is 1. The Bertz CT molecular complexity index is 1310. The van der Waals surface area contributed by atoms with Crippen LogP contribution < -0.4 is 16.2 Å². The lowest BCUT2D eigenvalue weighted by molar-refractivity contribution is -0.121. The third-order valence-electron chi connectivity index (χ3n) is 4.80. The number of nitrogens with zero attached hydrogens (tertiary/aromatic N) is 3. The highest BCUT2D eigenvalue weighted by atomic mass is 35.5. The van der Waals surface area contributed by atoms with Gasteiger partial charge in [0.25, 0.3) is 5.56 Å². The van der Waals surface area contributed by atoms with Gasteiger partial charge in [-0.25, -0.2) is 4.98 Å². The molecule has 3 heterocycles. The highest BCUT2D eigenvalue weighted by molar-refractivity contribution is 7.17. The average Bonchev–Trinajstić information content (AvgIpc) is 3.19. The summed E-state index contributed by atoms with van der Waals surface area (Å²) in [6.45, 7) is 0.588. The predicted molar refractivity (Wildman–Crippen MR) is 129 cm³/mol. The van der Waals surface area contributed by atoms with Crippen molar-refractivity contribution in [1.82, 2.24) is 19.9 Å². The minimum absolute atomic E-state index is 0.0909. The lowest BCUT2D eigenvalue weighted by Crippen LogP contribution is -2.34. The van der Waals surface area contributed by atoms with Crippen LogP contribution in [-0.4, -0.2) is 27.0 Å². The Morgan fingerprint density at radius 2 is 2.03 bits per heavy atom. The Kier molecular flexibility index (Phi) is 7.04. The summed E-state index contributed by atoms with van der Waals surface area (Å²) < 4.78 is 2.28. The van der Waals surface area contributed by atoms with Crippen LogP contribution >= 0.6 is 34.5 Å². The van der Waals surface area contributed by atoms with E-state index in [0.29, 0.717) is 24.5 Å². The lowest BCUT2D eigenvalue weighted by Gasteiger charge is -2.11. The molecule has 4 aromatic rings. The van der Waals surface area contributed by atoms with Crippen molar-refractivity contribution in [3.8, 4) is 0 Å². The van der Waals surface area contributed by atoms with E-state index in [2.05, 4.69) is 20.6 Å². The van der Waals surface area contributed by atoms with Crippen LogP contribution in [-0.2, 0) is 24.3 Å². The van der Waals surface area contributed by atoms with Crippen molar-refractivity contribution in [3.63, 3.8) is 0 Å². The molecule has 4 rings (SSSR count). The number of hydrogen-bond acceptors (Lipinski definition) is 6. The third kappa shape index (κ3) is 5.27. The summed E-state index contributed by atoms with van der Waals surface area (Å²) in [4.78, 5) is 33.6. The molecule has 1 aromatic carbocycles. The molecule has 1 amide bonds. The number of thiophene rings is 1. The number of nitrogens with one attached hydrogen (secondary N) is 2. The van der Waals surface area contributed by atoms with E-state index in [1.165, 1.54) is 10.8 Å². The number of carbonyl (C=O) groups is 1. The van der Waals surface area contributed by atoms with Gasteiger partial charge in [0.15, 0.2) is 5.82 Å². The molecule has 0 unspecified atom stereocenters. The quantitative estimate of drug-likeness (QED) is 0.390. The second kappa shape index (κ2) is 10.1. The first-order valence-corrected chi connectivity index (χ1v) is 11.5. The summed E-state index contributed by atoms with van der Waals surface area (Å²) in [6, 6.07) is 11.3. The molecular formula is C22H19Cl2N5O2S. The molecule has 0 aliphatic rings. The van der Waals surface area contributed by atoms with E-state index in [-0.39, 0.29) is 23.4 Å². The average molecular weight is 488 g/mol. The van der Waals surface area contributed by atoms with Crippen molar-refractivity contribution in [2.75, 3.05) is 11.9 Å². The van der Waals surface area contributed by atoms with Crippen molar-refractivity contribution in [3.05, 3.63) is 86.0 Å². The third-order valence-corrected chi connectivity index (χ3v) is 6.35. The molecule has 0 saturated heterocycles.